The first-order valence-corrected chi connectivity index (χ1v) is 4.95. The maximum absolute atomic E-state index is 10.5. The number of hydrogen-bond acceptors (Lipinski definition) is 3. The van der Waals surface area contributed by atoms with E-state index in [1.165, 1.54) is 0 Å². The van der Waals surface area contributed by atoms with E-state index in [1.807, 2.05) is 18.2 Å². The van der Waals surface area contributed by atoms with Gasteiger partial charge in [-0.05, 0) is 29.3 Å². The van der Waals surface area contributed by atoms with Gasteiger partial charge in [0.15, 0.2) is 11.5 Å². The first kappa shape index (κ1) is 10.1. The van der Waals surface area contributed by atoms with Gasteiger partial charge >= 0.3 is 5.37 Å². The van der Waals surface area contributed by atoms with E-state index in [1.54, 1.807) is 0 Å². The molecule has 1 aromatic carbocycles. The molecule has 0 atom stereocenters. The van der Waals surface area contributed by atoms with Gasteiger partial charge < -0.3 is 14.8 Å². The maximum atomic E-state index is 10.5. The lowest BCUT2D eigenvalue weighted by atomic mass is 10.2. The zero-order valence-corrected chi connectivity index (χ0v) is 8.71. The average molecular weight is 228 g/mol. The molecule has 1 aliphatic heterocycles. The van der Waals surface area contributed by atoms with Crippen molar-refractivity contribution >= 4 is 17.0 Å². The van der Waals surface area contributed by atoms with Crippen LogP contribution in [0.2, 0.25) is 0 Å². The van der Waals surface area contributed by atoms with Gasteiger partial charge in [-0.2, -0.15) is 0 Å². The minimum absolute atomic E-state index is 0.388. The van der Waals surface area contributed by atoms with Gasteiger partial charge in [-0.25, -0.2) is 0 Å². The van der Waals surface area contributed by atoms with Crippen molar-refractivity contribution in [3.63, 3.8) is 0 Å². The summed E-state index contributed by atoms with van der Waals surface area (Å²) in [6.45, 7) is 1.52. The Morgan fingerprint density at radius 2 is 2.07 bits per heavy atom. The molecule has 0 spiro atoms. The van der Waals surface area contributed by atoms with Crippen LogP contribution >= 0.6 is 11.6 Å². The molecule has 15 heavy (non-hydrogen) atoms. The van der Waals surface area contributed by atoms with Crippen molar-refractivity contribution in [2.24, 2.45) is 0 Å². The molecule has 0 saturated heterocycles. The Hall–Kier alpha value is -1.42. The fraction of sp³-hybridized carbons (Fsp3) is 0.300. The summed E-state index contributed by atoms with van der Waals surface area (Å²) in [5.74, 6) is 1.45. The summed E-state index contributed by atoms with van der Waals surface area (Å²) < 4.78 is 10.8. The minimum Gasteiger partial charge on any atom is -0.486 e. The Morgan fingerprint density at radius 3 is 2.80 bits per heavy atom. The number of fused-ring (bicyclic) bond motifs is 1. The van der Waals surface area contributed by atoms with Crippen molar-refractivity contribution in [1.29, 1.82) is 0 Å². The Kier molecular flexibility index (Phi) is 2.97. The number of amides is 1. The van der Waals surface area contributed by atoms with Gasteiger partial charge in [0.1, 0.15) is 13.2 Å². The number of halogens is 1. The molecule has 0 aliphatic carbocycles. The zero-order chi connectivity index (χ0) is 10.7. The molecule has 5 heteroatoms. The Morgan fingerprint density at radius 1 is 1.33 bits per heavy atom. The van der Waals surface area contributed by atoms with Crippen LogP contribution in [0.1, 0.15) is 5.56 Å². The monoisotopic (exact) mass is 227 g/mol. The van der Waals surface area contributed by atoms with Crippen molar-refractivity contribution in [1.82, 2.24) is 5.32 Å². The zero-order valence-electron chi connectivity index (χ0n) is 7.96. The highest BCUT2D eigenvalue weighted by Gasteiger charge is 2.11. The standard InChI is InChI=1S/C10H10ClNO3/c11-10(13)12-6-7-1-2-8-9(5-7)15-4-3-14-8/h1-2,5H,3-4,6H2,(H,12,13). The molecule has 0 aromatic heterocycles. The van der Waals surface area contributed by atoms with Crippen molar-refractivity contribution in [3.05, 3.63) is 23.8 Å². The second kappa shape index (κ2) is 4.40. The number of ether oxygens (including phenoxy) is 2. The van der Waals surface area contributed by atoms with E-state index in [9.17, 15) is 4.79 Å². The van der Waals surface area contributed by atoms with Gasteiger partial charge in [-0.15, -0.1) is 0 Å². The highest BCUT2D eigenvalue weighted by atomic mass is 35.5. The second-order valence-corrected chi connectivity index (χ2v) is 3.45. The SMILES string of the molecule is O=C(Cl)NCc1ccc2c(c1)OCCO2. The minimum atomic E-state index is -0.565. The fourth-order valence-corrected chi connectivity index (χ4v) is 1.44. The maximum Gasteiger partial charge on any atom is 0.314 e. The summed E-state index contributed by atoms with van der Waals surface area (Å²) in [6, 6.07) is 5.52. The third kappa shape index (κ3) is 2.53. The number of benzene rings is 1. The molecule has 1 heterocycles. The van der Waals surface area contributed by atoms with Gasteiger partial charge in [0.05, 0.1) is 0 Å². The van der Waals surface area contributed by atoms with E-state index in [0.717, 1.165) is 11.3 Å². The van der Waals surface area contributed by atoms with Crippen LogP contribution in [0.3, 0.4) is 0 Å². The third-order valence-corrected chi connectivity index (χ3v) is 2.17. The van der Waals surface area contributed by atoms with E-state index in [2.05, 4.69) is 5.32 Å². The van der Waals surface area contributed by atoms with Gasteiger partial charge in [0, 0.05) is 6.54 Å². The quantitative estimate of drug-likeness (QED) is 0.620. The van der Waals surface area contributed by atoms with Gasteiger partial charge in [-0.1, -0.05) is 6.07 Å². The molecule has 0 radical (unpaired) electrons. The second-order valence-electron chi connectivity index (χ2n) is 3.11. The normalized spacial score (nSPS) is 13.4. The van der Waals surface area contributed by atoms with Crippen LogP contribution in [0.15, 0.2) is 18.2 Å². The highest BCUT2D eigenvalue weighted by Crippen LogP contribution is 2.30. The van der Waals surface area contributed by atoms with Gasteiger partial charge in [0.25, 0.3) is 0 Å². The molecule has 1 amide bonds. The Labute approximate surface area is 92.1 Å². The summed E-state index contributed by atoms with van der Waals surface area (Å²) in [5.41, 5.74) is 0.924. The molecule has 4 nitrogen and oxygen atoms in total. The lowest BCUT2D eigenvalue weighted by molar-refractivity contribution is 0.171. The topological polar surface area (TPSA) is 47.6 Å². The van der Waals surface area contributed by atoms with Crippen LogP contribution in [0, 0.1) is 0 Å². The summed E-state index contributed by atoms with van der Waals surface area (Å²) in [6.07, 6.45) is 0. The van der Waals surface area contributed by atoms with Crippen LogP contribution in [0.4, 0.5) is 4.79 Å². The fourth-order valence-electron chi connectivity index (χ4n) is 1.37. The molecule has 0 saturated carbocycles. The van der Waals surface area contributed by atoms with Crippen LogP contribution in [0.25, 0.3) is 0 Å². The highest BCUT2D eigenvalue weighted by molar-refractivity contribution is 6.62. The van der Waals surface area contributed by atoms with Crippen molar-refractivity contribution in [3.8, 4) is 11.5 Å². The molecule has 2 rings (SSSR count). The molecular weight excluding hydrogens is 218 g/mol. The lowest BCUT2D eigenvalue weighted by Gasteiger charge is -2.18. The molecule has 1 aliphatic rings. The smallest absolute Gasteiger partial charge is 0.314 e. The van der Waals surface area contributed by atoms with Gasteiger partial charge in [0.2, 0.25) is 0 Å². The number of carbonyl (C=O) groups is 1. The summed E-state index contributed by atoms with van der Waals surface area (Å²) >= 11 is 5.17. The van der Waals surface area contributed by atoms with E-state index in [0.29, 0.717) is 25.5 Å². The van der Waals surface area contributed by atoms with E-state index >= 15 is 0 Å². The van der Waals surface area contributed by atoms with Crippen molar-refractivity contribution in [2.75, 3.05) is 13.2 Å². The van der Waals surface area contributed by atoms with Gasteiger partial charge in [-0.3, -0.25) is 4.79 Å². The Balaban J connectivity index is 2.10. The van der Waals surface area contributed by atoms with Crippen LogP contribution < -0.4 is 14.8 Å². The molecule has 1 N–H and O–H groups in total. The van der Waals surface area contributed by atoms with Crippen LogP contribution in [0.5, 0.6) is 11.5 Å². The first-order valence-electron chi connectivity index (χ1n) is 4.57. The molecule has 1 aromatic rings. The summed E-state index contributed by atoms with van der Waals surface area (Å²) in [4.78, 5) is 10.5. The summed E-state index contributed by atoms with van der Waals surface area (Å²) in [5, 5.41) is 1.93. The average Bonchev–Trinajstić information content (AvgIpc) is 2.26. The molecule has 0 bridgehead atoms. The van der Waals surface area contributed by atoms with Crippen molar-refractivity contribution in [2.45, 2.75) is 6.54 Å². The molecule has 0 fully saturated rings. The van der Waals surface area contributed by atoms with Crippen LogP contribution in [-0.2, 0) is 6.54 Å². The van der Waals surface area contributed by atoms with E-state index < -0.39 is 5.37 Å². The number of nitrogens with one attached hydrogen (secondary N) is 1. The van der Waals surface area contributed by atoms with E-state index in [4.69, 9.17) is 21.1 Å². The third-order valence-electron chi connectivity index (χ3n) is 2.04. The predicted octanol–water partition coefficient (Wildman–Crippen LogP) is 1.91. The Bertz CT molecular complexity index is 381. The predicted molar refractivity (Wildman–Crippen MR) is 55.5 cm³/mol. The number of rotatable bonds is 2. The van der Waals surface area contributed by atoms with Crippen LogP contribution in [-0.4, -0.2) is 18.6 Å². The summed E-state index contributed by atoms with van der Waals surface area (Å²) in [7, 11) is 0. The largest absolute Gasteiger partial charge is 0.486 e. The number of carbonyl (C=O) groups excluding carboxylic acids is 1. The first-order chi connectivity index (χ1) is 7.25. The molecule has 0 unspecified atom stereocenters. The lowest BCUT2D eigenvalue weighted by Crippen LogP contribution is -2.17. The van der Waals surface area contributed by atoms with Crippen molar-refractivity contribution < 1.29 is 14.3 Å². The molecular formula is C10H10ClNO3. The van der Waals surface area contributed by atoms with E-state index in [-0.39, 0.29) is 0 Å². The number of hydrogen-bond donors (Lipinski definition) is 1. The molecule has 80 valence electrons.